The monoisotopic (exact) mass is 231 g/mol. The predicted molar refractivity (Wildman–Crippen MR) is 64.6 cm³/mol. The highest BCUT2D eigenvalue weighted by Gasteiger charge is 2.19. The van der Waals surface area contributed by atoms with Gasteiger partial charge in [-0.1, -0.05) is 18.2 Å². The number of H-pyrrole nitrogens is 1. The van der Waals surface area contributed by atoms with Crippen molar-refractivity contribution in [3.05, 3.63) is 36.2 Å². The zero-order valence-electron chi connectivity index (χ0n) is 9.42. The number of benzene rings is 1. The van der Waals surface area contributed by atoms with E-state index in [0.29, 0.717) is 6.54 Å². The maximum Gasteiger partial charge on any atom is 0.295 e. The normalized spacial score (nSPS) is 10.2. The lowest BCUT2D eigenvalue weighted by molar-refractivity contribution is 0.0979. The number of aromatic amines is 1. The molecule has 1 aromatic carbocycles. The minimum atomic E-state index is -0.247. The summed E-state index contributed by atoms with van der Waals surface area (Å²) in [5.41, 5.74) is 6.19. The standard InChI is InChI=1S/C11H13N5O/c1-2-16(8-6-4-3-5-7-8)10(17)9-13-11(12)15-14-9/h3-7H,2H2,1H3,(H3,12,13,14,15). The van der Waals surface area contributed by atoms with Gasteiger partial charge in [-0.05, 0) is 19.1 Å². The van der Waals surface area contributed by atoms with Gasteiger partial charge in [0.2, 0.25) is 11.8 Å². The zero-order valence-corrected chi connectivity index (χ0v) is 9.42. The first-order valence-electron chi connectivity index (χ1n) is 5.27. The van der Waals surface area contributed by atoms with Crippen LogP contribution in [0.2, 0.25) is 0 Å². The lowest BCUT2D eigenvalue weighted by atomic mass is 10.3. The Morgan fingerprint density at radius 2 is 2.12 bits per heavy atom. The molecule has 6 nitrogen and oxygen atoms in total. The van der Waals surface area contributed by atoms with Crippen molar-refractivity contribution in [1.82, 2.24) is 15.2 Å². The van der Waals surface area contributed by atoms with Crippen molar-refractivity contribution in [2.75, 3.05) is 17.2 Å². The summed E-state index contributed by atoms with van der Waals surface area (Å²) in [5.74, 6) is -0.0337. The SMILES string of the molecule is CCN(C(=O)c1nc(N)n[nH]1)c1ccccc1. The van der Waals surface area contributed by atoms with Crippen LogP contribution in [0.3, 0.4) is 0 Å². The second-order valence-corrected chi connectivity index (χ2v) is 3.43. The highest BCUT2D eigenvalue weighted by Crippen LogP contribution is 2.15. The number of carbonyl (C=O) groups excluding carboxylic acids is 1. The van der Waals surface area contributed by atoms with E-state index in [-0.39, 0.29) is 17.7 Å². The van der Waals surface area contributed by atoms with E-state index in [0.717, 1.165) is 5.69 Å². The number of carbonyl (C=O) groups is 1. The molecule has 2 rings (SSSR count). The third kappa shape index (κ3) is 2.25. The highest BCUT2D eigenvalue weighted by atomic mass is 16.2. The molecule has 0 unspecified atom stereocenters. The molecule has 0 saturated heterocycles. The minimum Gasteiger partial charge on any atom is -0.366 e. The summed E-state index contributed by atoms with van der Waals surface area (Å²) >= 11 is 0. The van der Waals surface area contributed by atoms with Gasteiger partial charge in [-0.25, -0.2) is 0 Å². The van der Waals surface area contributed by atoms with E-state index >= 15 is 0 Å². The van der Waals surface area contributed by atoms with Crippen molar-refractivity contribution < 1.29 is 4.79 Å². The molecule has 2 aromatic rings. The highest BCUT2D eigenvalue weighted by molar-refractivity contribution is 6.03. The summed E-state index contributed by atoms with van der Waals surface area (Å²) in [5, 5.41) is 6.15. The first kappa shape index (κ1) is 11.1. The van der Waals surface area contributed by atoms with Gasteiger partial charge in [-0.3, -0.25) is 9.89 Å². The molecule has 0 radical (unpaired) electrons. The van der Waals surface area contributed by atoms with Crippen LogP contribution < -0.4 is 10.6 Å². The molecule has 0 aliphatic carbocycles. The van der Waals surface area contributed by atoms with Crippen molar-refractivity contribution in [3.63, 3.8) is 0 Å². The van der Waals surface area contributed by atoms with Crippen LogP contribution in [0, 0.1) is 0 Å². The van der Waals surface area contributed by atoms with E-state index in [2.05, 4.69) is 15.2 Å². The number of rotatable bonds is 3. The van der Waals surface area contributed by atoms with Gasteiger partial charge < -0.3 is 10.6 Å². The Balaban J connectivity index is 2.28. The lowest BCUT2D eigenvalue weighted by Gasteiger charge is -2.19. The van der Waals surface area contributed by atoms with E-state index < -0.39 is 0 Å². The summed E-state index contributed by atoms with van der Waals surface area (Å²) in [4.78, 5) is 17.5. The number of nitrogens with zero attached hydrogens (tertiary/aromatic N) is 3. The number of aromatic nitrogens is 3. The molecule has 0 spiro atoms. The topological polar surface area (TPSA) is 87.9 Å². The molecule has 17 heavy (non-hydrogen) atoms. The van der Waals surface area contributed by atoms with Crippen molar-refractivity contribution in [3.8, 4) is 0 Å². The number of nitrogens with two attached hydrogens (primary N) is 1. The fourth-order valence-electron chi connectivity index (χ4n) is 1.55. The third-order valence-electron chi connectivity index (χ3n) is 2.33. The summed E-state index contributed by atoms with van der Waals surface area (Å²) in [6.45, 7) is 2.44. The molecule has 0 aliphatic rings. The fraction of sp³-hybridized carbons (Fsp3) is 0.182. The Bertz CT molecular complexity index is 508. The van der Waals surface area contributed by atoms with Crippen LogP contribution >= 0.6 is 0 Å². The average molecular weight is 231 g/mol. The lowest BCUT2D eigenvalue weighted by Crippen LogP contribution is -2.31. The number of hydrogen-bond donors (Lipinski definition) is 2. The zero-order chi connectivity index (χ0) is 12.3. The van der Waals surface area contributed by atoms with Gasteiger partial charge in [0.25, 0.3) is 5.91 Å². The molecule has 1 aromatic heterocycles. The van der Waals surface area contributed by atoms with Gasteiger partial charge in [-0.15, -0.1) is 5.10 Å². The van der Waals surface area contributed by atoms with E-state index in [1.54, 1.807) is 4.90 Å². The molecule has 0 saturated carbocycles. The summed E-state index contributed by atoms with van der Waals surface area (Å²) in [6.07, 6.45) is 0. The van der Waals surface area contributed by atoms with E-state index in [9.17, 15) is 4.79 Å². The fourth-order valence-corrected chi connectivity index (χ4v) is 1.55. The molecule has 1 heterocycles. The van der Waals surface area contributed by atoms with Crippen LogP contribution in [-0.2, 0) is 0 Å². The summed E-state index contributed by atoms with van der Waals surface area (Å²) < 4.78 is 0. The third-order valence-corrected chi connectivity index (χ3v) is 2.33. The summed E-state index contributed by atoms with van der Waals surface area (Å²) in [6, 6.07) is 9.37. The molecule has 0 fully saturated rings. The Morgan fingerprint density at radius 3 is 2.65 bits per heavy atom. The van der Waals surface area contributed by atoms with Gasteiger partial charge in [0.1, 0.15) is 0 Å². The van der Waals surface area contributed by atoms with Crippen molar-refractivity contribution in [2.24, 2.45) is 0 Å². The second-order valence-electron chi connectivity index (χ2n) is 3.43. The number of anilines is 2. The number of nitrogen functional groups attached to an aromatic ring is 1. The Morgan fingerprint density at radius 1 is 1.41 bits per heavy atom. The van der Waals surface area contributed by atoms with E-state index in [1.807, 2.05) is 37.3 Å². The van der Waals surface area contributed by atoms with Crippen molar-refractivity contribution in [2.45, 2.75) is 6.92 Å². The molecule has 0 aliphatic heterocycles. The maximum absolute atomic E-state index is 12.1. The molecule has 88 valence electrons. The Kier molecular flexibility index (Phi) is 3.04. The smallest absolute Gasteiger partial charge is 0.295 e. The van der Waals surface area contributed by atoms with Gasteiger partial charge in [0, 0.05) is 12.2 Å². The number of hydrogen-bond acceptors (Lipinski definition) is 4. The number of para-hydroxylation sites is 1. The molecular weight excluding hydrogens is 218 g/mol. The van der Waals surface area contributed by atoms with Gasteiger partial charge in [0.15, 0.2) is 0 Å². The predicted octanol–water partition coefficient (Wildman–Crippen LogP) is 1.05. The van der Waals surface area contributed by atoms with Crippen LogP contribution in [-0.4, -0.2) is 27.6 Å². The minimum absolute atomic E-state index is 0.0671. The van der Waals surface area contributed by atoms with Crippen molar-refractivity contribution >= 4 is 17.5 Å². The summed E-state index contributed by atoms with van der Waals surface area (Å²) in [7, 11) is 0. The molecule has 0 bridgehead atoms. The van der Waals surface area contributed by atoms with Crippen LogP contribution in [0.4, 0.5) is 11.6 Å². The van der Waals surface area contributed by atoms with Crippen LogP contribution in [0.25, 0.3) is 0 Å². The largest absolute Gasteiger partial charge is 0.366 e. The van der Waals surface area contributed by atoms with Gasteiger partial charge in [0.05, 0.1) is 0 Å². The second kappa shape index (κ2) is 4.65. The average Bonchev–Trinajstić information content (AvgIpc) is 2.78. The Labute approximate surface area is 98.5 Å². The molecule has 1 amide bonds. The quantitative estimate of drug-likeness (QED) is 0.826. The number of nitrogens with one attached hydrogen (secondary N) is 1. The molecule has 3 N–H and O–H groups in total. The number of amides is 1. The van der Waals surface area contributed by atoms with Crippen molar-refractivity contribution in [1.29, 1.82) is 0 Å². The van der Waals surface area contributed by atoms with Gasteiger partial charge in [-0.2, -0.15) is 4.98 Å². The van der Waals surface area contributed by atoms with Crippen LogP contribution in [0.1, 0.15) is 17.5 Å². The molecule has 6 heteroatoms. The van der Waals surface area contributed by atoms with Crippen LogP contribution in [0.15, 0.2) is 30.3 Å². The molecule has 0 atom stereocenters. The first-order valence-corrected chi connectivity index (χ1v) is 5.27. The van der Waals surface area contributed by atoms with Gasteiger partial charge >= 0.3 is 0 Å². The Hall–Kier alpha value is -2.37. The van der Waals surface area contributed by atoms with E-state index in [1.165, 1.54) is 0 Å². The van der Waals surface area contributed by atoms with E-state index in [4.69, 9.17) is 5.73 Å². The maximum atomic E-state index is 12.1. The first-order chi connectivity index (χ1) is 8.22. The van der Waals surface area contributed by atoms with Crippen LogP contribution in [0.5, 0.6) is 0 Å². The molecular formula is C11H13N5O.